The second-order valence-electron chi connectivity index (χ2n) is 8.58. The van der Waals surface area contributed by atoms with Crippen LogP contribution in [0.1, 0.15) is 50.2 Å². The fraction of sp³-hybridized carbons (Fsp3) is 0.462. The number of rotatable bonds is 10. The second kappa shape index (κ2) is 13.3. The Hall–Kier alpha value is -1.89. The molecular weight excluding hydrogens is 491 g/mol. The standard InChI is InChI=1S/C26H32Cl2N2O3S/c1-18(26(32)29-20-7-4-3-5-8-20)30(15-22-23(27)9-6-10-24(22)28)25(31)17-34-16-19-11-13-21(33-2)14-12-19/h6,9-14,18,20H,3-5,7-8,15-17H2,1-2H3,(H,29,32). The summed E-state index contributed by atoms with van der Waals surface area (Å²) in [6.07, 6.45) is 5.43. The van der Waals surface area contributed by atoms with E-state index in [0.29, 0.717) is 21.4 Å². The molecule has 184 valence electrons. The van der Waals surface area contributed by atoms with Gasteiger partial charge in [-0.05, 0) is 49.6 Å². The molecule has 2 aromatic carbocycles. The Morgan fingerprint density at radius 1 is 1.09 bits per heavy atom. The quantitative estimate of drug-likeness (QED) is 0.409. The first-order chi connectivity index (χ1) is 16.4. The molecule has 5 nitrogen and oxygen atoms in total. The van der Waals surface area contributed by atoms with Gasteiger partial charge in [-0.15, -0.1) is 11.8 Å². The molecule has 0 heterocycles. The summed E-state index contributed by atoms with van der Waals surface area (Å²) in [4.78, 5) is 28.0. The number of methoxy groups -OCH3 is 1. The minimum absolute atomic E-state index is 0.124. The third-order valence-electron chi connectivity index (χ3n) is 6.16. The first kappa shape index (κ1) is 26.7. The molecule has 2 amide bonds. The number of hydrogen-bond acceptors (Lipinski definition) is 4. The lowest BCUT2D eigenvalue weighted by molar-refractivity contribution is -0.139. The molecule has 1 N–H and O–H groups in total. The molecule has 0 aliphatic heterocycles. The zero-order valence-electron chi connectivity index (χ0n) is 19.7. The monoisotopic (exact) mass is 522 g/mol. The van der Waals surface area contributed by atoms with Crippen LogP contribution in [0.4, 0.5) is 0 Å². The number of halogens is 2. The van der Waals surface area contributed by atoms with Crippen LogP contribution >= 0.6 is 35.0 Å². The van der Waals surface area contributed by atoms with Crippen LogP contribution in [0.3, 0.4) is 0 Å². The average molecular weight is 524 g/mol. The normalized spacial score (nSPS) is 14.9. The van der Waals surface area contributed by atoms with E-state index in [2.05, 4.69) is 5.32 Å². The smallest absolute Gasteiger partial charge is 0.242 e. The molecule has 0 saturated heterocycles. The van der Waals surface area contributed by atoms with Crippen molar-refractivity contribution in [2.24, 2.45) is 0 Å². The number of thioether (sulfide) groups is 1. The molecule has 1 unspecified atom stereocenters. The predicted molar refractivity (Wildman–Crippen MR) is 141 cm³/mol. The highest BCUT2D eigenvalue weighted by atomic mass is 35.5. The van der Waals surface area contributed by atoms with Crippen molar-refractivity contribution in [1.29, 1.82) is 0 Å². The van der Waals surface area contributed by atoms with Gasteiger partial charge in [-0.25, -0.2) is 0 Å². The zero-order valence-corrected chi connectivity index (χ0v) is 22.0. The number of hydrogen-bond donors (Lipinski definition) is 1. The van der Waals surface area contributed by atoms with Crippen molar-refractivity contribution in [2.45, 2.75) is 63.4 Å². The third-order valence-corrected chi connectivity index (χ3v) is 7.86. The summed E-state index contributed by atoms with van der Waals surface area (Å²) in [6, 6.07) is 12.6. The van der Waals surface area contributed by atoms with Gasteiger partial charge in [-0.3, -0.25) is 9.59 Å². The summed E-state index contributed by atoms with van der Waals surface area (Å²) in [5, 5.41) is 4.11. The summed E-state index contributed by atoms with van der Waals surface area (Å²) in [6.45, 7) is 1.95. The van der Waals surface area contributed by atoms with Gasteiger partial charge in [-0.2, -0.15) is 0 Å². The van der Waals surface area contributed by atoms with Crippen LogP contribution < -0.4 is 10.1 Å². The van der Waals surface area contributed by atoms with Gasteiger partial charge in [0, 0.05) is 33.9 Å². The van der Waals surface area contributed by atoms with Gasteiger partial charge >= 0.3 is 0 Å². The van der Waals surface area contributed by atoms with E-state index in [4.69, 9.17) is 27.9 Å². The Kier molecular flexibility index (Phi) is 10.4. The van der Waals surface area contributed by atoms with Crippen molar-refractivity contribution in [2.75, 3.05) is 12.9 Å². The van der Waals surface area contributed by atoms with E-state index in [0.717, 1.165) is 37.0 Å². The van der Waals surface area contributed by atoms with Crippen LogP contribution in [-0.4, -0.2) is 41.7 Å². The molecule has 2 aromatic rings. The van der Waals surface area contributed by atoms with Crippen LogP contribution in [0.15, 0.2) is 42.5 Å². The molecule has 0 spiro atoms. The Balaban J connectivity index is 1.68. The Bertz CT molecular complexity index is 945. The molecule has 3 rings (SSSR count). The fourth-order valence-electron chi connectivity index (χ4n) is 4.07. The summed E-state index contributed by atoms with van der Waals surface area (Å²) in [7, 11) is 1.63. The van der Waals surface area contributed by atoms with Crippen molar-refractivity contribution in [3.8, 4) is 5.75 Å². The Labute approximate surface area is 216 Å². The first-order valence-electron chi connectivity index (χ1n) is 11.6. The van der Waals surface area contributed by atoms with Gasteiger partial charge in [0.05, 0.1) is 12.9 Å². The van der Waals surface area contributed by atoms with Crippen LogP contribution in [0.5, 0.6) is 5.75 Å². The van der Waals surface area contributed by atoms with Gasteiger partial charge in [0.15, 0.2) is 0 Å². The summed E-state index contributed by atoms with van der Waals surface area (Å²) >= 11 is 14.3. The number of ether oxygens (including phenoxy) is 1. The largest absolute Gasteiger partial charge is 0.497 e. The van der Waals surface area contributed by atoms with Crippen molar-refractivity contribution >= 4 is 46.8 Å². The third kappa shape index (κ3) is 7.56. The van der Waals surface area contributed by atoms with E-state index in [1.54, 1.807) is 37.1 Å². The highest BCUT2D eigenvalue weighted by Crippen LogP contribution is 2.27. The van der Waals surface area contributed by atoms with Gasteiger partial charge in [0.2, 0.25) is 11.8 Å². The first-order valence-corrected chi connectivity index (χ1v) is 13.5. The molecule has 0 radical (unpaired) electrons. The number of nitrogens with one attached hydrogen (secondary N) is 1. The van der Waals surface area contributed by atoms with E-state index in [-0.39, 0.29) is 30.2 Å². The zero-order chi connectivity index (χ0) is 24.5. The van der Waals surface area contributed by atoms with Gasteiger partial charge in [0.1, 0.15) is 11.8 Å². The van der Waals surface area contributed by atoms with E-state index in [9.17, 15) is 9.59 Å². The molecular formula is C26H32Cl2N2O3S. The maximum Gasteiger partial charge on any atom is 0.242 e. The Morgan fingerprint density at radius 3 is 2.35 bits per heavy atom. The van der Waals surface area contributed by atoms with Gasteiger partial charge in [0.25, 0.3) is 0 Å². The molecule has 1 aliphatic rings. The highest BCUT2D eigenvalue weighted by Gasteiger charge is 2.29. The van der Waals surface area contributed by atoms with Crippen LogP contribution in [-0.2, 0) is 21.9 Å². The maximum atomic E-state index is 13.3. The van der Waals surface area contributed by atoms with E-state index in [1.807, 2.05) is 24.3 Å². The Morgan fingerprint density at radius 2 is 1.74 bits per heavy atom. The van der Waals surface area contributed by atoms with Gasteiger partial charge in [-0.1, -0.05) is 60.7 Å². The van der Waals surface area contributed by atoms with E-state index in [1.165, 1.54) is 18.2 Å². The minimum Gasteiger partial charge on any atom is -0.497 e. The molecule has 1 saturated carbocycles. The van der Waals surface area contributed by atoms with Crippen LogP contribution in [0, 0.1) is 0 Å². The van der Waals surface area contributed by atoms with Crippen LogP contribution in [0.2, 0.25) is 10.0 Å². The lowest BCUT2D eigenvalue weighted by Crippen LogP contribution is -2.50. The number of benzene rings is 2. The van der Waals surface area contributed by atoms with E-state index >= 15 is 0 Å². The lowest BCUT2D eigenvalue weighted by atomic mass is 9.95. The second-order valence-corrected chi connectivity index (χ2v) is 10.4. The maximum absolute atomic E-state index is 13.3. The highest BCUT2D eigenvalue weighted by molar-refractivity contribution is 7.99. The number of carbonyl (C=O) groups is 2. The molecule has 1 aliphatic carbocycles. The number of nitrogens with zero attached hydrogens (tertiary/aromatic N) is 1. The fourth-order valence-corrected chi connectivity index (χ4v) is 5.45. The molecule has 34 heavy (non-hydrogen) atoms. The molecule has 0 bridgehead atoms. The summed E-state index contributed by atoms with van der Waals surface area (Å²) in [5.41, 5.74) is 1.75. The molecule has 0 aromatic heterocycles. The topological polar surface area (TPSA) is 58.6 Å². The van der Waals surface area contributed by atoms with Crippen molar-refractivity contribution in [3.63, 3.8) is 0 Å². The van der Waals surface area contributed by atoms with Crippen molar-refractivity contribution in [1.82, 2.24) is 10.2 Å². The summed E-state index contributed by atoms with van der Waals surface area (Å²) in [5.74, 6) is 1.46. The van der Waals surface area contributed by atoms with E-state index < -0.39 is 6.04 Å². The molecule has 1 atom stereocenters. The SMILES string of the molecule is COc1ccc(CSCC(=O)N(Cc2c(Cl)cccc2Cl)C(C)C(=O)NC2CCCCC2)cc1. The van der Waals surface area contributed by atoms with Crippen molar-refractivity contribution < 1.29 is 14.3 Å². The predicted octanol–water partition coefficient (Wildman–Crippen LogP) is 6.10. The lowest BCUT2D eigenvalue weighted by Gasteiger charge is -2.31. The molecule has 1 fully saturated rings. The van der Waals surface area contributed by atoms with Gasteiger partial charge < -0.3 is 15.0 Å². The average Bonchev–Trinajstić information content (AvgIpc) is 2.84. The van der Waals surface area contributed by atoms with Crippen molar-refractivity contribution in [3.05, 3.63) is 63.6 Å². The number of carbonyl (C=O) groups excluding carboxylic acids is 2. The number of amides is 2. The van der Waals surface area contributed by atoms with Crippen LogP contribution in [0.25, 0.3) is 0 Å². The molecule has 8 heteroatoms. The summed E-state index contributed by atoms with van der Waals surface area (Å²) < 4.78 is 5.20. The minimum atomic E-state index is -0.636.